The summed E-state index contributed by atoms with van der Waals surface area (Å²) in [4.78, 5) is 14.8. The van der Waals surface area contributed by atoms with Crippen molar-refractivity contribution in [3.63, 3.8) is 0 Å². The van der Waals surface area contributed by atoms with Crippen molar-refractivity contribution in [2.24, 2.45) is 11.8 Å². The lowest BCUT2D eigenvalue weighted by Gasteiger charge is -2.45. The van der Waals surface area contributed by atoms with Crippen LogP contribution in [-0.4, -0.2) is 49.1 Å². The second kappa shape index (κ2) is 6.73. The second-order valence-electron chi connectivity index (χ2n) is 7.07. The number of carbonyl (C=O) groups is 1. The molecule has 1 fully saturated rings. The topological polar surface area (TPSA) is 59.0 Å². The number of hydrogen-bond donors (Lipinski definition) is 1. The highest BCUT2D eigenvalue weighted by Crippen LogP contribution is 2.42. The molecule has 3 atom stereocenters. The number of nitrogens with zero attached hydrogens (tertiary/aromatic N) is 1. The first-order valence-electron chi connectivity index (χ1n) is 11.3. The molecule has 5 heteroatoms. The first-order chi connectivity index (χ1) is 13.7. The van der Waals surface area contributed by atoms with Crippen molar-refractivity contribution in [1.29, 1.82) is 0 Å². The number of carbonyl (C=O) groups excluding carboxylic acids is 1. The Labute approximate surface area is 152 Å². The average molecular weight is 339 g/mol. The van der Waals surface area contributed by atoms with Crippen LogP contribution >= 0.6 is 0 Å². The molecule has 0 aliphatic carbocycles. The summed E-state index contributed by atoms with van der Waals surface area (Å²) < 4.78 is 54.1. The standard InChI is InChI=1S/C19H27NO4/c1-11(2)7-13-10-20-6-5-12-8-15(23-3)16(24-4)9-14(12)17(20)19(22)18(13)21/h8-9,11,13,17,19,22H,5-7,10H2,1-4H3/i3D3,4D3. The Balaban J connectivity index is 2.00. The van der Waals surface area contributed by atoms with Crippen LogP contribution in [0.1, 0.15) is 45.7 Å². The van der Waals surface area contributed by atoms with E-state index >= 15 is 0 Å². The third-order valence-corrected chi connectivity index (χ3v) is 5.01. The van der Waals surface area contributed by atoms with E-state index in [0.717, 1.165) is 0 Å². The monoisotopic (exact) mass is 339 g/mol. The van der Waals surface area contributed by atoms with Crippen LogP contribution in [-0.2, 0) is 11.2 Å². The number of rotatable bonds is 4. The quantitative estimate of drug-likeness (QED) is 0.911. The lowest BCUT2D eigenvalue weighted by atomic mass is 9.78. The van der Waals surface area contributed by atoms with E-state index in [1.165, 1.54) is 12.1 Å². The van der Waals surface area contributed by atoms with Gasteiger partial charge >= 0.3 is 0 Å². The molecule has 0 saturated carbocycles. The van der Waals surface area contributed by atoms with Crippen LogP contribution < -0.4 is 9.47 Å². The van der Waals surface area contributed by atoms with Crippen molar-refractivity contribution in [3.8, 4) is 11.5 Å². The van der Waals surface area contributed by atoms with E-state index in [4.69, 9.17) is 17.7 Å². The average Bonchev–Trinajstić information content (AvgIpc) is 2.56. The van der Waals surface area contributed by atoms with Gasteiger partial charge in [0.15, 0.2) is 17.3 Å². The molecule has 3 rings (SSSR count). The van der Waals surface area contributed by atoms with E-state index in [0.29, 0.717) is 43.0 Å². The number of Topliss-reactive ketones (excluding diaryl/α,β-unsaturated/α-hetero) is 1. The van der Waals surface area contributed by atoms with Gasteiger partial charge < -0.3 is 14.6 Å². The number of hydrogen-bond acceptors (Lipinski definition) is 5. The molecule has 0 bridgehead atoms. The van der Waals surface area contributed by atoms with Gasteiger partial charge in [-0.25, -0.2) is 0 Å². The van der Waals surface area contributed by atoms with Gasteiger partial charge in [0.1, 0.15) is 6.10 Å². The van der Waals surface area contributed by atoms with Crippen LogP contribution in [0.4, 0.5) is 0 Å². The Morgan fingerprint density at radius 2 is 2.04 bits per heavy atom. The Morgan fingerprint density at radius 3 is 2.71 bits per heavy atom. The molecule has 1 N–H and O–H groups in total. The summed E-state index contributed by atoms with van der Waals surface area (Å²) in [5.74, 6) is -0.616. The fourth-order valence-corrected chi connectivity index (χ4v) is 3.97. The van der Waals surface area contributed by atoms with E-state index in [1.807, 2.05) is 18.7 Å². The van der Waals surface area contributed by atoms with Crippen LogP contribution in [0.2, 0.25) is 0 Å². The van der Waals surface area contributed by atoms with Crippen molar-refractivity contribution in [3.05, 3.63) is 23.3 Å². The highest BCUT2D eigenvalue weighted by atomic mass is 16.5. The normalized spacial score (nSPS) is 31.7. The maximum atomic E-state index is 12.8. The van der Waals surface area contributed by atoms with Crippen LogP contribution in [0.3, 0.4) is 0 Å². The zero-order valence-corrected chi connectivity index (χ0v) is 13.9. The molecule has 3 unspecified atom stereocenters. The maximum Gasteiger partial charge on any atom is 0.167 e. The van der Waals surface area contributed by atoms with Crippen molar-refractivity contribution in [2.75, 3.05) is 27.2 Å². The summed E-state index contributed by atoms with van der Waals surface area (Å²) in [6.45, 7) is 5.16. The Hall–Kier alpha value is -1.59. The zero-order chi connectivity index (χ0) is 22.4. The molecule has 0 amide bonds. The van der Waals surface area contributed by atoms with Gasteiger partial charge in [-0.3, -0.25) is 9.69 Å². The molecule has 5 nitrogen and oxygen atoms in total. The van der Waals surface area contributed by atoms with Gasteiger partial charge in [0, 0.05) is 19.0 Å². The molecule has 0 aromatic heterocycles. The summed E-state index contributed by atoms with van der Waals surface area (Å²) in [7, 11) is -5.61. The fraction of sp³-hybridized carbons (Fsp3) is 0.632. The van der Waals surface area contributed by atoms with Crippen LogP contribution in [0.5, 0.6) is 11.5 Å². The maximum absolute atomic E-state index is 12.8. The molecular formula is C19H27NO4. The number of benzene rings is 1. The molecule has 0 radical (unpaired) electrons. The number of aliphatic hydroxyl groups is 1. The summed E-state index contributed by atoms with van der Waals surface area (Å²) in [5.41, 5.74) is 1.25. The highest BCUT2D eigenvalue weighted by molar-refractivity contribution is 5.87. The van der Waals surface area contributed by atoms with Gasteiger partial charge in [-0.15, -0.1) is 0 Å². The minimum absolute atomic E-state index is 0.201. The van der Waals surface area contributed by atoms with E-state index in [9.17, 15) is 9.90 Å². The molecule has 1 aromatic carbocycles. The molecular weight excluding hydrogens is 306 g/mol. The van der Waals surface area contributed by atoms with Gasteiger partial charge in [0.05, 0.1) is 28.3 Å². The number of aliphatic hydroxyl groups excluding tert-OH is 1. The van der Waals surface area contributed by atoms with Gasteiger partial charge in [0.25, 0.3) is 0 Å². The Morgan fingerprint density at radius 1 is 1.33 bits per heavy atom. The number of ether oxygens (including phenoxy) is 2. The van der Waals surface area contributed by atoms with Crippen molar-refractivity contribution in [2.45, 2.75) is 38.8 Å². The van der Waals surface area contributed by atoms with Crippen molar-refractivity contribution in [1.82, 2.24) is 4.90 Å². The lowest BCUT2D eigenvalue weighted by Crippen LogP contribution is -2.54. The minimum atomic E-state index is -2.82. The first-order valence-corrected chi connectivity index (χ1v) is 8.26. The van der Waals surface area contributed by atoms with Gasteiger partial charge in [-0.05, 0) is 42.0 Å². The molecule has 24 heavy (non-hydrogen) atoms. The van der Waals surface area contributed by atoms with E-state index in [-0.39, 0.29) is 23.2 Å². The molecule has 132 valence electrons. The molecule has 2 heterocycles. The molecule has 2 aliphatic heterocycles. The third kappa shape index (κ3) is 2.91. The minimum Gasteiger partial charge on any atom is -0.493 e. The van der Waals surface area contributed by atoms with Gasteiger partial charge in [-0.2, -0.15) is 0 Å². The molecule has 2 aliphatic rings. The summed E-state index contributed by atoms with van der Waals surface area (Å²) in [5, 5.41) is 10.8. The number of ketones is 1. The van der Waals surface area contributed by atoms with Crippen LogP contribution in [0.25, 0.3) is 0 Å². The molecule has 0 spiro atoms. The predicted octanol–water partition coefficient (Wildman–Crippen LogP) is 2.21. The summed E-state index contributed by atoms with van der Waals surface area (Å²) >= 11 is 0. The predicted molar refractivity (Wildman–Crippen MR) is 91.5 cm³/mol. The Kier molecular flexibility index (Phi) is 3.11. The number of piperidine rings is 1. The highest BCUT2D eigenvalue weighted by Gasteiger charge is 2.44. The SMILES string of the molecule is [2H]C([2H])([2H])Oc1cc2c(cc1OC([2H])([2H])[2H])C1C(O)C(=O)C(CC(C)C)CN1CC2. The van der Waals surface area contributed by atoms with Crippen LogP contribution in [0.15, 0.2) is 12.1 Å². The van der Waals surface area contributed by atoms with Gasteiger partial charge in [0.2, 0.25) is 0 Å². The summed E-state index contributed by atoms with van der Waals surface area (Å²) in [6.07, 6.45) is -0.0198. The van der Waals surface area contributed by atoms with Crippen LogP contribution in [0, 0.1) is 11.8 Å². The summed E-state index contributed by atoms with van der Waals surface area (Å²) in [6, 6.07) is 2.20. The van der Waals surface area contributed by atoms with E-state index < -0.39 is 26.2 Å². The lowest BCUT2D eigenvalue weighted by molar-refractivity contribution is -0.143. The van der Waals surface area contributed by atoms with E-state index in [2.05, 4.69) is 0 Å². The van der Waals surface area contributed by atoms with Crippen molar-refractivity contribution < 1.29 is 27.6 Å². The fourth-order valence-electron chi connectivity index (χ4n) is 3.97. The number of methoxy groups -OCH3 is 2. The molecule has 1 saturated heterocycles. The van der Waals surface area contributed by atoms with E-state index in [1.54, 1.807) is 0 Å². The molecule has 1 aromatic rings. The van der Waals surface area contributed by atoms with Gasteiger partial charge in [-0.1, -0.05) is 13.8 Å². The van der Waals surface area contributed by atoms with Crippen molar-refractivity contribution >= 4 is 5.78 Å². The zero-order valence-electron chi connectivity index (χ0n) is 19.9. The third-order valence-electron chi connectivity index (χ3n) is 5.01. The largest absolute Gasteiger partial charge is 0.493 e. The first kappa shape index (κ1) is 11.1. The number of fused-ring (bicyclic) bond motifs is 3. The second-order valence-corrected chi connectivity index (χ2v) is 7.07. The Bertz CT molecular complexity index is 807. The smallest absolute Gasteiger partial charge is 0.167 e.